The highest BCUT2D eigenvalue weighted by Crippen LogP contribution is 2.34. The third kappa shape index (κ3) is 2.93. The molecule has 1 aliphatic heterocycles. The number of aromatic nitrogens is 4. The quantitative estimate of drug-likeness (QED) is 0.744. The van der Waals surface area contributed by atoms with Crippen LogP contribution in [0.5, 0.6) is 0 Å². The molecule has 3 atom stereocenters. The van der Waals surface area contributed by atoms with Crippen LogP contribution in [-0.4, -0.2) is 43.2 Å². The molecular formula is C18H19N5O3. The van der Waals surface area contributed by atoms with Crippen molar-refractivity contribution in [3.05, 3.63) is 48.5 Å². The summed E-state index contributed by atoms with van der Waals surface area (Å²) in [7, 11) is 0. The molecule has 0 unspecified atom stereocenters. The van der Waals surface area contributed by atoms with Crippen LogP contribution in [0.15, 0.2) is 43.0 Å². The number of amides is 1. The smallest absolute Gasteiger partial charge is 0.256 e. The molecule has 1 fully saturated rings. The van der Waals surface area contributed by atoms with Gasteiger partial charge in [0.2, 0.25) is 0 Å². The van der Waals surface area contributed by atoms with Gasteiger partial charge >= 0.3 is 0 Å². The normalized spacial score (nSPS) is 22.6. The van der Waals surface area contributed by atoms with Crippen molar-refractivity contribution in [2.24, 2.45) is 5.92 Å². The molecule has 1 saturated heterocycles. The molecule has 1 aliphatic rings. The molecule has 0 saturated carbocycles. The maximum Gasteiger partial charge on any atom is 0.256 e. The van der Waals surface area contributed by atoms with Gasteiger partial charge < -0.3 is 15.2 Å². The number of aliphatic hydroxyl groups excluding tert-OH is 1. The monoisotopic (exact) mass is 353 g/mol. The standard InChI is InChI=1S/C18H19N5O3/c1-11-7-14(26-13(11)8-24)23-10-21-15-16(19-9-20-17(15)23)22-18(25)12-5-3-2-4-6-12/h2-6,9-11,13-14,24H,7-8H2,1H3,(H,19,20,22,25)/t11-,13+,14+/m0/s1. The first-order chi connectivity index (χ1) is 12.7. The fourth-order valence-electron chi connectivity index (χ4n) is 3.19. The topological polar surface area (TPSA) is 102 Å². The van der Waals surface area contributed by atoms with E-state index in [4.69, 9.17) is 4.74 Å². The zero-order valence-electron chi connectivity index (χ0n) is 14.2. The van der Waals surface area contributed by atoms with Crippen molar-refractivity contribution >= 4 is 22.9 Å². The van der Waals surface area contributed by atoms with Gasteiger partial charge in [0.05, 0.1) is 19.0 Å². The first kappa shape index (κ1) is 16.6. The van der Waals surface area contributed by atoms with Crippen LogP contribution in [0.2, 0.25) is 0 Å². The third-order valence-electron chi connectivity index (χ3n) is 4.66. The van der Waals surface area contributed by atoms with Crippen molar-refractivity contribution in [1.82, 2.24) is 19.5 Å². The van der Waals surface area contributed by atoms with E-state index in [0.717, 1.165) is 6.42 Å². The van der Waals surface area contributed by atoms with Crippen LogP contribution >= 0.6 is 0 Å². The van der Waals surface area contributed by atoms with E-state index in [0.29, 0.717) is 22.5 Å². The Kier molecular flexibility index (Phi) is 4.36. The summed E-state index contributed by atoms with van der Waals surface area (Å²) in [6, 6.07) is 8.92. The van der Waals surface area contributed by atoms with Crippen molar-refractivity contribution in [3.63, 3.8) is 0 Å². The van der Waals surface area contributed by atoms with Crippen LogP contribution in [0.3, 0.4) is 0 Å². The lowest BCUT2D eigenvalue weighted by Gasteiger charge is -2.14. The minimum atomic E-state index is -0.258. The molecule has 8 heteroatoms. The van der Waals surface area contributed by atoms with Gasteiger partial charge in [-0.25, -0.2) is 15.0 Å². The van der Waals surface area contributed by atoms with E-state index in [2.05, 4.69) is 20.3 Å². The average Bonchev–Trinajstić information content (AvgIpc) is 3.26. The molecule has 0 radical (unpaired) electrons. The van der Waals surface area contributed by atoms with E-state index in [1.165, 1.54) is 6.33 Å². The van der Waals surface area contributed by atoms with E-state index < -0.39 is 0 Å². The number of anilines is 1. The second-order valence-electron chi connectivity index (χ2n) is 6.39. The summed E-state index contributed by atoms with van der Waals surface area (Å²) in [4.78, 5) is 25.2. The SMILES string of the molecule is C[C@H]1C[C@H](n2cnc3c(NC(=O)c4ccccc4)ncnc32)O[C@@H]1CO. The van der Waals surface area contributed by atoms with Crippen LogP contribution in [0.4, 0.5) is 5.82 Å². The number of carbonyl (C=O) groups is 1. The van der Waals surface area contributed by atoms with Crippen LogP contribution in [0.25, 0.3) is 11.2 Å². The Hall–Kier alpha value is -2.84. The van der Waals surface area contributed by atoms with Crippen LogP contribution in [0, 0.1) is 5.92 Å². The lowest BCUT2D eigenvalue weighted by Crippen LogP contribution is -2.18. The number of ether oxygens (including phenoxy) is 1. The summed E-state index contributed by atoms with van der Waals surface area (Å²) in [6.45, 7) is 2.03. The molecule has 1 aromatic carbocycles. The molecule has 3 aromatic rings. The van der Waals surface area contributed by atoms with Gasteiger partial charge in [-0.3, -0.25) is 9.36 Å². The fourth-order valence-corrected chi connectivity index (χ4v) is 3.19. The third-order valence-corrected chi connectivity index (χ3v) is 4.66. The number of hydrogen-bond acceptors (Lipinski definition) is 6. The minimum Gasteiger partial charge on any atom is -0.394 e. The molecular weight excluding hydrogens is 334 g/mol. The Morgan fingerprint density at radius 1 is 1.31 bits per heavy atom. The average molecular weight is 353 g/mol. The van der Waals surface area contributed by atoms with Crippen molar-refractivity contribution < 1.29 is 14.6 Å². The lowest BCUT2D eigenvalue weighted by atomic mass is 10.0. The van der Waals surface area contributed by atoms with Gasteiger partial charge in [0.1, 0.15) is 12.6 Å². The summed E-state index contributed by atoms with van der Waals surface area (Å²) in [5, 5.41) is 12.2. The maximum atomic E-state index is 12.4. The van der Waals surface area contributed by atoms with Crippen molar-refractivity contribution in [1.29, 1.82) is 0 Å². The number of aliphatic hydroxyl groups is 1. The minimum absolute atomic E-state index is 0.0162. The van der Waals surface area contributed by atoms with Gasteiger partial charge in [-0.1, -0.05) is 25.1 Å². The highest BCUT2D eigenvalue weighted by Gasteiger charge is 2.33. The molecule has 0 bridgehead atoms. The second kappa shape index (κ2) is 6.81. The molecule has 0 spiro atoms. The zero-order valence-corrected chi connectivity index (χ0v) is 14.2. The number of hydrogen-bond donors (Lipinski definition) is 2. The molecule has 2 aromatic heterocycles. The largest absolute Gasteiger partial charge is 0.394 e. The van der Waals surface area contributed by atoms with Crippen LogP contribution in [0.1, 0.15) is 29.9 Å². The Labute approximate surface area is 149 Å². The molecule has 26 heavy (non-hydrogen) atoms. The van der Waals surface area contributed by atoms with E-state index in [1.807, 2.05) is 17.6 Å². The molecule has 3 heterocycles. The number of benzene rings is 1. The second-order valence-corrected chi connectivity index (χ2v) is 6.39. The van der Waals surface area contributed by atoms with E-state index >= 15 is 0 Å². The zero-order chi connectivity index (χ0) is 18.1. The summed E-state index contributed by atoms with van der Waals surface area (Å²) >= 11 is 0. The Morgan fingerprint density at radius 3 is 2.85 bits per heavy atom. The van der Waals surface area contributed by atoms with Gasteiger partial charge in [0, 0.05) is 5.56 Å². The number of rotatable bonds is 4. The number of fused-ring (bicyclic) bond motifs is 1. The Balaban J connectivity index is 1.63. The van der Waals surface area contributed by atoms with Crippen molar-refractivity contribution in [2.45, 2.75) is 25.7 Å². The Bertz CT molecular complexity index is 927. The number of nitrogens with one attached hydrogen (secondary N) is 1. The van der Waals surface area contributed by atoms with E-state index in [9.17, 15) is 9.90 Å². The van der Waals surface area contributed by atoms with Crippen molar-refractivity contribution in [2.75, 3.05) is 11.9 Å². The Morgan fingerprint density at radius 2 is 2.12 bits per heavy atom. The van der Waals surface area contributed by atoms with Crippen LogP contribution < -0.4 is 5.32 Å². The van der Waals surface area contributed by atoms with Gasteiger partial charge in [-0.15, -0.1) is 0 Å². The first-order valence-electron chi connectivity index (χ1n) is 8.47. The summed E-state index contributed by atoms with van der Waals surface area (Å²) in [5.74, 6) is 0.333. The highest BCUT2D eigenvalue weighted by atomic mass is 16.5. The molecule has 8 nitrogen and oxygen atoms in total. The van der Waals surface area contributed by atoms with Gasteiger partial charge in [-0.2, -0.15) is 0 Å². The van der Waals surface area contributed by atoms with E-state index in [-0.39, 0.29) is 30.8 Å². The van der Waals surface area contributed by atoms with Crippen molar-refractivity contribution in [3.8, 4) is 0 Å². The number of carbonyl (C=O) groups excluding carboxylic acids is 1. The van der Waals surface area contributed by atoms with E-state index in [1.54, 1.807) is 30.6 Å². The summed E-state index contributed by atoms with van der Waals surface area (Å²) in [5.41, 5.74) is 1.62. The van der Waals surface area contributed by atoms with Gasteiger partial charge in [0.25, 0.3) is 5.91 Å². The summed E-state index contributed by atoms with van der Waals surface area (Å²) in [6.07, 6.45) is 3.33. The molecule has 2 N–H and O–H groups in total. The van der Waals surface area contributed by atoms with Gasteiger partial charge in [-0.05, 0) is 24.5 Å². The molecule has 1 amide bonds. The summed E-state index contributed by atoms with van der Waals surface area (Å²) < 4.78 is 7.71. The lowest BCUT2D eigenvalue weighted by molar-refractivity contribution is -0.0277. The number of imidazole rings is 1. The predicted octanol–water partition coefficient (Wildman–Crippen LogP) is 1.99. The maximum absolute atomic E-state index is 12.4. The highest BCUT2D eigenvalue weighted by molar-refractivity contribution is 6.06. The first-order valence-corrected chi connectivity index (χ1v) is 8.47. The van der Waals surface area contributed by atoms with Gasteiger partial charge in [0.15, 0.2) is 17.0 Å². The predicted molar refractivity (Wildman–Crippen MR) is 94.5 cm³/mol. The van der Waals surface area contributed by atoms with Crippen LogP contribution in [-0.2, 0) is 4.74 Å². The molecule has 0 aliphatic carbocycles. The number of nitrogens with zero attached hydrogens (tertiary/aromatic N) is 4. The molecule has 4 rings (SSSR count). The fraction of sp³-hybridized carbons (Fsp3) is 0.333. The molecule has 134 valence electrons.